The largest absolute Gasteiger partial charge is 0.472 e. The van der Waals surface area contributed by atoms with Crippen LogP contribution < -0.4 is 5.32 Å². The third-order valence-electron chi connectivity index (χ3n) is 3.60. The van der Waals surface area contributed by atoms with Gasteiger partial charge in [-0.25, -0.2) is 0 Å². The summed E-state index contributed by atoms with van der Waals surface area (Å²) in [6.45, 7) is 0. The smallest absolute Gasteiger partial charge is 0.125 e. The van der Waals surface area contributed by atoms with Gasteiger partial charge in [0.15, 0.2) is 0 Å². The second-order valence-corrected chi connectivity index (χ2v) is 5.04. The molecule has 1 aromatic heterocycles. The van der Waals surface area contributed by atoms with Crippen molar-refractivity contribution in [1.82, 2.24) is 5.32 Å². The highest BCUT2D eigenvalue weighted by Crippen LogP contribution is 2.25. The van der Waals surface area contributed by atoms with Gasteiger partial charge in [-0.3, -0.25) is 5.32 Å². The Morgan fingerprint density at radius 3 is 1.86 bits per heavy atom. The fraction of sp³-hybridized carbons (Fsp3) is 0.105. The van der Waals surface area contributed by atoms with Crippen LogP contribution >= 0.6 is 0 Å². The van der Waals surface area contributed by atoms with Gasteiger partial charge in [0.1, 0.15) is 6.04 Å². The molecule has 2 aromatic carbocycles. The fourth-order valence-electron chi connectivity index (χ4n) is 2.49. The van der Waals surface area contributed by atoms with Crippen molar-refractivity contribution in [3.8, 4) is 6.07 Å². The Hall–Kier alpha value is -2.83. The molecule has 0 amide bonds. The molecule has 0 fully saturated rings. The first kappa shape index (κ1) is 14.1. The van der Waals surface area contributed by atoms with Crippen LogP contribution in [0.15, 0.2) is 83.7 Å². The molecule has 0 spiro atoms. The summed E-state index contributed by atoms with van der Waals surface area (Å²) in [5.74, 6) is 0. The minimum absolute atomic E-state index is 0.0538. The molecule has 0 saturated heterocycles. The molecule has 0 aliphatic rings. The zero-order valence-electron chi connectivity index (χ0n) is 12.0. The SMILES string of the molecule is N#C[C@@H](NC(c1ccccc1)c1ccccc1)c1ccoc1. The Balaban J connectivity index is 1.94. The Kier molecular flexibility index (Phi) is 4.33. The quantitative estimate of drug-likeness (QED) is 0.764. The molecular weight excluding hydrogens is 272 g/mol. The predicted molar refractivity (Wildman–Crippen MR) is 84.9 cm³/mol. The van der Waals surface area contributed by atoms with Crippen molar-refractivity contribution in [2.45, 2.75) is 12.1 Å². The molecule has 0 saturated carbocycles. The molecule has 108 valence electrons. The van der Waals surface area contributed by atoms with Crippen LogP contribution in [0.25, 0.3) is 0 Å². The maximum Gasteiger partial charge on any atom is 0.125 e. The average molecular weight is 288 g/mol. The van der Waals surface area contributed by atoms with Gasteiger partial charge in [-0.2, -0.15) is 5.26 Å². The summed E-state index contributed by atoms with van der Waals surface area (Å²) in [6, 6.07) is 23.9. The summed E-state index contributed by atoms with van der Waals surface area (Å²) < 4.78 is 5.10. The number of benzene rings is 2. The molecule has 3 aromatic rings. The van der Waals surface area contributed by atoms with E-state index in [-0.39, 0.29) is 6.04 Å². The first-order valence-corrected chi connectivity index (χ1v) is 7.16. The average Bonchev–Trinajstić information content (AvgIpc) is 3.12. The van der Waals surface area contributed by atoms with Crippen molar-refractivity contribution in [3.63, 3.8) is 0 Å². The Labute approximate surface area is 129 Å². The van der Waals surface area contributed by atoms with E-state index in [1.165, 1.54) is 0 Å². The van der Waals surface area contributed by atoms with Gasteiger partial charge in [-0.05, 0) is 17.2 Å². The van der Waals surface area contributed by atoms with Crippen molar-refractivity contribution >= 4 is 0 Å². The Morgan fingerprint density at radius 1 is 0.818 bits per heavy atom. The minimum atomic E-state index is -0.427. The van der Waals surface area contributed by atoms with E-state index in [2.05, 4.69) is 35.7 Å². The lowest BCUT2D eigenvalue weighted by Crippen LogP contribution is -2.26. The van der Waals surface area contributed by atoms with Crippen molar-refractivity contribution in [2.24, 2.45) is 0 Å². The normalized spacial score (nSPS) is 12.0. The van der Waals surface area contributed by atoms with Crippen LogP contribution in [0.2, 0.25) is 0 Å². The van der Waals surface area contributed by atoms with Gasteiger partial charge in [0, 0.05) is 5.56 Å². The van der Waals surface area contributed by atoms with Crippen LogP contribution in [-0.2, 0) is 0 Å². The highest BCUT2D eigenvalue weighted by Gasteiger charge is 2.20. The van der Waals surface area contributed by atoms with Crippen LogP contribution in [0.4, 0.5) is 0 Å². The van der Waals surface area contributed by atoms with Gasteiger partial charge in [-0.15, -0.1) is 0 Å². The lowest BCUT2D eigenvalue weighted by atomic mass is 9.97. The topological polar surface area (TPSA) is 49.0 Å². The van der Waals surface area contributed by atoms with Gasteiger partial charge in [0.25, 0.3) is 0 Å². The maximum absolute atomic E-state index is 9.49. The van der Waals surface area contributed by atoms with Gasteiger partial charge >= 0.3 is 0 Å². The second-order valence-electron chi connectivity index (χ2n) is 5.04. The molecule has 0 aliphatic carbocycles. The number of rotatable bonds is 5. The van der Waals surface area contributed by atoms with E-state index in [9.17, 15) is 5.26 Å². The number of hydrogen-bond acceptors (Lipinski definition) is 3. The zero-order valence-corrected chi connectivity index (χ0v) is 12.0. The molecule has 0 unspecified atom stereocenters. The van der Waals surface area contributed by atoms with E-state index in [0.29, 0.717) is 0 Å². The van der Waals surface area contributed by atoms with Crippen molar-refractivity contribution in [1.29, 1.82) is 5.26 Å². The fourth-order valence-corrected chi connectivity index (χ4v) is 2.49. The summed E-state index contributed by atoms with van der Waals surface area (Å²) in [5.41, 5.74) is 3.08. The molecule has 22 heavy (non-hydrogen) atoms. The molecule has 0 bridgehead atoms. The van der Waals surface area contributed by atoms with E-state index in [1.807, 2.05) is 42.5 Å². The van der Waals surface area contributed by atoms with Gasteiger partial charge in [-0.1, -0.05) is 60.7 Å². The number of furan rings is 1. The Bertz CT molecular complexity index is 691. The van der Waals surface area contributed by atoms with E-state index < -0.39 is 6.04 Å². The molecule has 1 heterocycles. The van der Waals surface area contributed by atoms with Crippen molar-refractivity contribution in [2.75, 3.05) is 0 Å². The zero-order chi connectivity index (χ0) is 15.2. The lowest BCUT2D eigenvalue weighted by Gasteiger charge is -2.22. The van der Waals surface area contributed by atoms with Crippen molar-refractivity contribution < 1.29 is 4.42 Å². The van der Waals surface area contributed by atoms with Gasteiger partial charge in [0.05, 0.1) is 24.6 Å². The van der Waals surface area contributed by atoms with E-state index in [1.54, 1.807) is 12.5 Å². The highest BCUT2D eigenvalue weighted by atomic mass is 16.3. The molecule has 3 heteroatoms. The molecule has 0 aliphatic heterocycles. The van der Waals surface area contributed by atoms with Crippen molar-refractivity contribution in [3.05, 3.63) is 95.9 Å². The standard InChI is InChI=1S/C19H16N2O/c20-13-18(17-11-12-22-14-17)21-19(15-7-3-1-4-8-15)16-9-5-2-6-10-16/h1-12,14,18-19,21H/t18-/m1/s1. The molecule has 0 radical (unpaired) electrons. The van der Waals surface area contributed by atoms with Crippen LogP contribution in [0.5, 0.6) is 0 Å². The summed E-state index contributed by atoms with van der Waals surface area (Å²) in [7, 11) is 0. The molecule has 1 atom stereocenters. The summed E-state index contributed by atoms with van der Waals surface area (Å²) in [4.78, 5) is 0. The first-order valence-electron chi connectivity index (χ1n) is 7.16. The predicted octanol–water partition coefficient (Wildman–Crippen LogP) is 4.22. The minimum Gasteiger partial charge on any atom is -0.472 e. The molecule has 3 rings (SSSR count). The Morgan fingerprint density at radius 2 is 1.41 bits per heavy atom. The van der Waals surface area contributed by atoms with Crippen LogP contribution in [0.1, 0.15) is 28.8 Å². The second kappa shape index (κ2) is 6.75. The molecule has 1 N–H and O–H groups in total. The third-order valence-corrected chi connectivity index (χ3v) is 3.60. The number of nitrogens with one attached hydrogen (secondary N) is 1. The van der Waals surface area contributed by atoms with Crippen LogP contribution in [-0.4, -0.2) is 0 Å². The monoisotopic (exact) mass is 288 g/mol. The van der Waals surface area contributed by atoms with E-state index in [4.69, 9.17) is 4.42 Å². The summed E-state index contributed by atoms with van der Waals surface area (Å²) >= 11 is 0. The van der Waals surface area contributed by atoms with E-state index >= 15 is 0 Å². The number of nitrogens with zero attached hydrogens (tertiary/aromatic N) is 1. The first-order chi connectivity index (χ1) is 10.9. The molecule has 3 nitrogen and oxygen atoms in total. The number of hydrogen-bond donors (Lipinski definition) is 1. The maximum atomic E-state index is 9.49. The summed E-state index contributed by atoms with van der Waals surface area (Å²) in [6.07, 6.45) is 3.19. The third kappa shape index (κ3) is 3.08. The molecular formula is C19H16N2O. The van der Waals surface area contributed by atoms with Gasteiger partial charge in [0.2, 0.25) is 0 Å². The highest BCUT2D eigenvalue weighted by molar-refractivity contribution is 5.33. The number of nitriles is 1. The van der Waals surface area contributed by atoms with Crippen LogP contribution in [0.3, 0.4) is 0 Å². The van der Waals surface area contributed by atoms with Crippen LogP contribution in [0, 0.1) is 11.3 Å². The van der Waals surface area contributed by atoms with E-state index in [0.717, 1.165) is 16.7 Å². The summed E-state index contributed by atoms with van der Waals surface area (Å²) in [5, 5.41) is 12.9. The lowest BCUT2D eigenvalue weighted by molar-refractivity contribution is 0.535. The van der Waals surface area contributed by atoms with Gasteiger partial charge < -0.3 is 4.42 Å².